The summed E-state index contributed by atoms with van der Waals surface area (Å²) in [6.45, 7) is 0. The number of hydrogen-bond acceptors (Lipinski definition) is 4. The molecule has 3 aromatic rings. The van der Waals surface area contributed by atoms with Crippen molar-refractivity contribution in [1.82, 2.24) is 5.43 Å². The first-order valence-corrected chi connectivity index (χ1v) is 8.44. The SMILES string of the molecule is O=C(N/N=C\c1c(O)ccc2ccccc12)C(=O)Nc1ccc(Br)cc1. The molecule has 130 valence electrons. The topological polar surface area (TPSA) is 90.8 Å². The number of carbonyl (C=O) groups excluding carboxylic acids is 2. The molecule has 0 spiro atoms. The van der Waals surface area contributed by atoms with E-state index in [0.29, 0.717) is 11.3 Å². The van der Waals surface area contributed by atoms with Gasteiger partial charge in [0.2, 0.25) is 0 Å². The van der Waals surface area contributed by atoms with E-state index in [1.54, 1.807) is 36.4 Å². The third-order valence-corrected chi connectivity index (χ3v) is 4.14. The molecule has 6 nitrogen and oxygen atoms in total. The summed E-state index contributed by atoms with van der Waals surface area (Å²) in [5.41, 5.74) is 3.10. The van der Waals surface area contributed by atoms with Gasteiger partial charge in [-0.1, -0.05) is 46.3 Å². The molecular weight excluding hydrogens is 398 g/mol. The molecule has 0 unspecified atom stereocenters. The van der Waals surface area contributed by atoms with Crippen molar-refractivity contribution in [2.24, 2.45) is 5.10 Å². The van der Waals surface area contributed by atoms with Gasteiger partial charge in [0.15, 0.2) is 0 Å². The number of nitrogens with zero attached hydrogens (tertiary/aromatic N) is 1. The van der Waals surface area contributed by atoms with Gasteiger partial charge in [-0.3, -0.25) is 9.59 Å². The van der Waals surface area contributed by atoms with E-state index < -0.39 is 11.8 Å². The normalized spacial score (nSPS) is 10.8. The molecule has 0 aliphatic carbocycles. The Morgan fingerprint density at radius 1 is 0.962 bits per heavy atom. The van der Waals surface area contributed by atoms with Gasteiger partial charge in [-0.25, -0.2) is 5.43 Å². The van der Waals surface area contributed by atoms with Crippen molar-refractivity contribution >= 4 is 50.4 Å². The molecule has 0 atom stereocenters. The van der Waals surface area contributed by atoms with Crippen molar-refractivity contribution in [2.45, 2.75) is 0 Å². The van der Waals surface area contributed by atoms with Crippen LogP contribution in [0, 0.1) is 0 Å². The van der Waals surface area contributed by atoms with Gasteiger partial charge in [0.05, 0.1) is 6.21 Å². The molecule has 0 aromatic heterocycles. The molecule has 0 saturated heterocycles. The van der Waals surface area contributed by atoms with Crippen molar-refractivity contribution in [3.05, 3.63) is 70.7 Å². The first kappa shape index (κ1) is 17.6. The van der Waals surface area contributed by atoms with Crippen LogP contribution >= 0.6 is 15.9 Å². The molecule has 0 aliphatic heterocycles. The van der Waals surface area contributed by atoms with Crippen LogP contribution in [-0.2, 0) is 9.59 Å². The first-order valence-electron chi connectivity index (χ1n) is 7.65. The Kier molecular flexibility index (Phi) is 5.28. The Morgan fingerprint density at radius 3 is 2.46 bits per heavy atom. The predicted octanol–water partition coefficient (Wildman–Crippen LogP) is 3.40. The van der Waals surface area contributed by atoms with E-state index in [1.807, 2.05) is 24.3 Å². The molecular formula is C19H14BrN3O3. The quantitative estimate of drug-likeness (QED) is 0.350. The van der Waals surface area contributed by atoms with Gasteiger partial charge in [-0.05, 0) is 41.1 Å². The Balaban J connectivity index is 1.68. The summed E-state index contributed by atoms with van der Waals surface area (Å²) in [6.07, 6.45) is 1.31. The standard InChI is InChI=1S/C19H14BrN3O3/c20-13-6-8-14(9-7-13)22-18(25)19(26)23-21-11-16-15-4-2-1-3-12(15)5-10-17(16)24/h1-11,24H,(H,22,25)(H,23,26)/b21-11-. The molecule has 0 radical (unpaired) electrons. The Morgan fingerprint density at radius 2 is 1.69 bits per heavy atom. The maximum absolute atomic E-state index is 11.9. The first-order chi connectivity index (χ1) is 12.5. The number of nitrogens with one attached hydrogen (secondary N) is 2. The number of phenolic OH excluding ortho intramolecular Hbond substituents is 1. The van der Waals surface area contributed by atoms with Crippen LogP contribution in [0.2, 0.25) is 0 Å². The summed E-state index contributed by atoms with van der Waals surface area (Å²) in [5.74, 6) is -1.73. The summed E-state index contributed by atoms with van der Waals surface area (Å²) in [7, 11) is 0. The van der Waals surface area contributed by atoms with Crippen LogP contribution in [0.25, 0.3) is 10.8 Å². The Hall–Kier alpha value is -3.19. The number of phenols is 1. The molecule has 2 amide bonds. The molecule has 0 bridgehead atoms. The Labute approximate surface area is 157 Å². The highest BCUT2D eigenvalue weighted by atomic mass is 79.9. The summed E-state index contributed by atoms with van der Waals surface area (Å²) in [4.78, 5) is 23.7. The fourth-order valence-electron chi connectivity index (χ4n) is 2.35. The number of amides is 2. The summed E-state index contributed by atoms with van der Waals surface area (Å²) in [5, 5.41) is 18.0. The number of halogens is 1. The van der Waals surface area contributed by atoms with Crippen molar-refractivity contribution in [3.63, 3.8) is 0 Å². The second-order valence-electron chi connectivity index (χ2n) is 5.38. The number of aromatic hydroxyl groups is 1. The van der Waals surface area contributed by atoms with Crippen molar-refractivity contribution in [2.75, 3.05) is 5.32 Å². The molecule has 0 fully saturated rings. The van der Waals surface area contributed by atoms with E-state index in [-0.39, 0.29) is 5.75 Å². The maximum atomic E-state index is 11.9. The van der Waals surface area contributed by atoms with Gasteiger partial charge >= 0.3 is 11.8 Å². The monoisotopic (exact) mass is 411 g/mol. The third kappa shape index (κ3) is 4.07. The van der Waals surface area contributed by atoms with E-state index >= 15 is 0 Å². The minimum atomic E-state index is -0.913. The lowest BCUT2D eigenvalue weighted by Gasteiger charge is -2.05. The highest BCUT2D eigenvalue weighted by molar-refractivity contribution is 9.10. The number of carbonyl (C=O) groups is 2. The molecule has 0 saturated carbocycles. The highest BCUT2D eigenvalue weighted by Gasteiger charge is 2.13. The molecule has 3 N–H and O–H groups in total. The Bertz CT molecular complexity index is 1000. The number of fused-ring (bicyclic) bond motifs is 1. The van der Waals surface area contributed by atoms with Gasteiger partial charge in [0.25, 0.3) is 0 Å². The van der Waals surface area contributed by atoms with Gasteiger partial charge in [0.1, 0.15) is 5.75 Å². The van der Waals surface area contributed by atoms with Gasteiger partial charge in [-0.15, -0.1) is 0 Å². The average molecular weight is 412 g/mol. The van der Waals surface area contributed by atoms with Crippen LogP contribution in [0.4, 0.5) is 5.69 Å². The number of benzene rings is 3. The van der Waals surface area contributed by atoms with Crippen LogP contribution in [0.15, 0.2) is 70.2 Å². The third-order valence-electron chi connectivity index (χ3n) is 3.62. The number of anilines is 1. The lowest BCUT2D eigenvalue weighted by Crippen LogP contribution is -2.32. The zero-order chi connectivity index (χ0) is 18.5. The van der Waals surface area contributed by atoms with Crippen LogP contribution in [-0.4, -0.2) is 23.1 Å². The minimum absolute atomic E-state index is 0.0287. The van der Waals surface area contributed by atoms with Crippen molar-refractivity contribution < 1.29 is 14.7 Å². The zero-order valence-corrected chi connectivity index (χ0v) is 15.0. The van der Waals surface area contributed by atoms with Gasteiger partial charge < -0.3 is 10.4 Å². The van der Waals surface area contributed by atoms with Gasteiger partial charge in [0, 0.05) is 15.7 Å². The van der Waals surface area contributed by atoms with Crippen LogP contribution in [0.3, 0.4) is 0 Å². The average Bonchev–Trinajstić information content (AvgIpc) is 2.65. The predicted molar refractivity (Wildman–Crippen MR) is 104 cm³/mol. The number of hydrazone groups is 1. The van der Waals surface area contributed by atoms with Crippen molar-refractivity contribution in [1.29, 1.82) is 0 Å². The van der Waals surface area contributed by atoms with Crippen molar-refractivity contribution in [3.8, 4) is 5.75 Å². The molecule has 26 heavy (non-hydrogen) atoms. The molecule has 7 heteroatoms. The van der Waals surface area contributed by atoms with E-state index in [2.05, 4.69) is 31.8 Å². The number of rotatable bonds is 3. The molecule has 3 rings (SSSR count). The van der Waals surface area contributed by atoms with Crippen LogP contribution < -0.4 is 10.7 Å². The molecule has 0 aliphatic rings. The molecule has 0 heterocycles. The van der Waals surface area contributed by atoms with Crippen LogP contribution in [0.5, 0.6) is 5.75 Å². The lowest BCUT2D eigenvalue weighted by molar-refractivity contribution is -0.136. The van der Waals surface area contributed by atoms with E-state index in [9.17, 15) is 14.7 Å². The van der Waals surface area contributed by atoms with E-state index in [4.69, 9.17) is 0 Å². The zero-order valence-electron chi connectivity index (χ0n) is 13.4. The van der Waals surface area contributed by atoms with E-state index in [0.717, 1.165) is 15.2 Å². The highest BCUT2D eigenvalue weighted by Crippen LogP contribution is 2.25. The van der Waals surface area contributed by atoms with Crippen LogP contribution in [0.1, 0.15) is 5.56 Å². The van der Waals surface area contributed by atoms with E-state index in [1.165, 1.54) is 6.21 Å². The second kappa shape index (κ2) is 7.79. The summed E-state index contributed by atoms with van der Waals surface area (Å²) >= 11 is 3.29. The van der Waals surface area contributed by atoms with Gasteiger partial charge in [-0.2, -0.15) is 5.10 Å². The molecule has 3 aromatic carbocycles. The maximum Gasteiger partial charge on any atom is 0.329 e. The second-order valence-corrected chi connectivity index (χ2v) is 6.30. The number of hydrogen-bond donors (Lipinski definition) is 3. The smallest absolute Gasteiger partial charge is 0.329 e. The lowest BCUT2D eigenvalue weighted by atomic mass is 10.0. The fourth-order valence-corrected chi connectivity index (χ4v) is 2.61. The largest absolute Gasteiger partial charge is 0.507 e. The summed E-state index contributed by atoms with van der Waals surface area (Å²) in [6, 6.07) is 17.6. The summed E-state index contributed by atoms with van der Waals surface area (Å²) < 4.78 is 0.861. The minimum Gasteiger partial charge on any atom is -0.507 e. The fraction of sp³-hybridized carbons (Fsp3) is 0.